The molecule has 1 atom stereocenters. The van der Waals surface area contributed by atoms with Gasteiger partial charge in [0.05, 0.1) is 0 Å². The first kappa shape index (κ1) is 8.05. The summed E-state index contributed by atoms with van der Waals surface area (Å²) in [6, 6.07) is 0.399. The van der Waals surface area contributed by atoms with Crippen LogP contribution in [-0.4, -0.2) is 25.0 Å². The minimum Gasteiger partial charge on any atom is -0.354 e. The van der Waals surface area contributed by atoms with Gasteiger partial charge in [0, 0.05) is 19.0 Å². The van der Waals surface area contributed by atoms with Crippen LogP contribution in [0.2, 0.25) is 0 Å². The van der Waals surface area contributed by atoms with E-state index in [1.54, 1.807) is 0 Å². The third kappa shape index (κ3) is 2.21. The average molecular weight is 168 g/mol. The van der Waals surface area contributed by atoms with Crippen LogP contribution < -0.4 is 10.6 Å². The second kappa shape index (κ2) is 3.44. The van der Waals surface area contributed by atoms with Crippen molar-refractivity contribution in [1.29, 1.82) is 0 Å². The van der Waals surface area contributed by atoms with Crippen LogP contribution in [0.1, 0.15) is 25.7 Å². The summed E-state index contributed by atoms with van der Waals surface area (Å²) in [5.41, 5.74) is 0. The molecule has 1 heterocycles. The Labute approximate surface area is 72.9 Å². The number of carbonyl (C=O) groups is 1. The molecular formula is C9H16N2O. The molecule has 3 nitrogen and oxygen atoms in total. The quantitative estimate of drug-likeness (QED) is 0.632. The van der Waals surface area contributed by atoms with Gasteiger partial charge in [-0.1, -0.05) is 12.8 Å². The number of hydrogen-bond donors (Lipinski definition) is 2. The molecule has 1 unspecified atom stereocenters. The van der Waals surface area contributed by atoms with Crippen LogP contribution in [0.15, 0.2) is 0 Å². The van der Waals surface area contributed by atoms with E-state index in [2.05, 4.69) is 10.6 Å². The van der Waals surface area contributed by atoms with E-state index in [0.29, 0.717) is 12.5 Å². The lowest BCUT2D eigenvalue weighted by Crippen LogP contribution is -2.31. The van der Waals surface area contributed by atoms with Crippen molar-refractivity contribution < 1.29 is 4.79 Å². The normalized spacial score (nSPS) is 29.0. The van der Waals surface area contributed by atoms with Crippen molar-refractivity contribution in [3.63, 3.8) is 0 Å². The van der Waals surface area contributed by atoms with Gasteiger partial charge in [-0.2, -0.15) is 0 Å². The van der Waals surface area contributed by atoms with Crippen molar-refractivity contribution in [1.82, 2.24) is 10.6 Å². The summed E-state index contributed by atoms with van der Waals surface area (Å²) in [7, 11) is 0. The lowest BCUT2D eigenvalue weighted by Gasteiger charge is -2.08. The molecule has 0 spiro atoms. The van der Waals surface area contributed by atoms with Gasteiger partial charge >= 0.3 is 0 Å². The standard InChI is InChI=1S/C9H16N2O/c12-9-5-8(6-11-9)10-4-3-7-1-2-7/h7-8,10H,1-6H2,(H,11,12). The Morgan fingerprint density at radius 2 is 2.33 bits per heavy atom. The molecule has 2 N–H and O–H groups in total. The summed E-state index contributed by atoms with van der Waals surface area (Å²) in [4.78, 5) is 10.8. The zero-order valence-corrected chi connectivity index (χ0v) is 7.31. The molecule has 2 aliphatic rings. The highest BCUT2D eigenvalue weighted by atomic mass is 16.1. The van der Waals surface area contributed by atoms with Crippen LogP contribution in [-0.2, 0) is 4.79 Å². The zero-order valence-electron chi connectivity index (χ0n) is 7.31. The third-order valence-corrected chi connectivity index (χ3v) is 2.66. The smallest absolute Gasteiger partial charge is 0.221 e. The Hall–Kier alpha value is -0.570. The topological polar surface area (TPSA) is 41.1 Å². The Balaban J connectivity index is 1.56. The molecule has 1 amide bonds. The molecule has 1 saturated carbocycles. The molecule has 3 heteroatoms. The maximum absolute atomic E-state index is 10.8. The summed E-state index contributed by atoms with van der Waals surface area (Å²) < 4.78 is 0. The highest BCUT2D eigenvalue weighted by Gasteiger charge is 2.23. The first-order valence-electron chi connectivity index (χ1n) is 4.84. The Kier molecular flexibility index (Phi) is 2.30. The number of hydrogen-bond acceptors (Lipinski definition) is 2. The monoisotopic (exact) mass is 168 g/mol. The van der Waals surface area contributed by atoms with Gasteiger partial charge < -0.3 is 10.6 Å². The Bertz CT molecular complexity index is 177. The predicted octanol–water partition coefficient (Wildman–Crippen LogP) is 0.265. The first-order valence-corrected chi connectivity index (χ1v) is 4.84. The fourth-order valence-corrected chi connectivity index (χ4v) is 1.65. The number of rotatable bonds is 4. The van der Waals surface area contributed by atoms with Gasteiger partial charge in [0.15, 0.2) is 0 Å². The van der Waals surface area contributed by atoms with E-state index in [-0.39, 0.29) is 5.91 Å². The number of nitrogens with one attached hydrogen (secondary N) is 2. The maximum Gasteiger partial charge on any atom is 0.221 e. The molecule has 0 radical (unpaired) electrons. The summed E-state index contributed by atoms with van der Waals surface area (Å²) in [5.74, 6) is 1.18. The van der Waals surface area contributed by atoms with Crippen LogP contribution in [0, 0.1) is 5.92 Å². The lowest BCUT2D eigenvalue weighted by molar-refractivity contribution is -0.119. The van der Waals surface area contributed by atoms with Crippen molar-refractivity contribution in [2.75, 3.05) is 13.1 Å². The van der Waals surface area contributed by atoms with Gasteiger partial charge in [0.25, 0.3) is 0 Å². The Morgan fingerprint density at radius 3 is 2.92 bits per heavy atom. The minimum atomic E-state index is 0.193. The minimum absolute atomic E-state index is 0.193. The lowest BCUT2D eigenvalue weighted by atomic mass is 10.2. The molecule has 2 fully saturated rings. The van der Waals surface area contributed by atoms with Crippen molar-refractivity contribution >= 4 is 5.91 Å². The maximum atomic E-state index is 10.8. The van der Waals surface area contributed by atoms with Gasteiger partial charge in [0.1, 0.15) is 0 Å². The summed E-state index contributed by atoms with van der Waals surface area (Å²) in [6.45, 7) is 1.91. The van der Waals surface area contributed by atoms with Crippen LogP contribution in [0.4, 0.5) is 0 Å². The molecule has 0 aromatic carbocycles. The fourth-order valence-electron chi connectivity index (χ4n) is 1.65. The van der Waals surface area contributed by atoms with Crippen LogP contribution in [0.3, 0.4) is 0 Å². The molecule has 68 valence electrons. The molecule has 1 saturated heterocycles. The van der Waals surface area contributed by atoms with Crippen LogP contribution in [0.25, 0.3) is 0 Å². The predicted molar refractivity (Wildman–Crippen MR) is 46.8 cm³/mol. The second-order valence-electron chi connectivity index (χ2n) is 3.89. The highest BCUT2D eigenvalue weighted by molar-refractivity contribution is 5.78. The van der Waals surface area contributed by atoms with Crippen LogP contribution >= 0.6 is 0 Å². The van der Waals surface area contributed by atoms with E-state index in [1.807, 2.05) is 0 Å². The SMILES string of the molecule is O=C1CC(NCCC2CC2)CN1. The van der Waals surface area contributed by atoms with E-state index in [1.165, 1.54) is 19.3 Å². The van der Waals surface area contributed by atoms with E-state index in [0.717, 1.165) is 19.0 Å². The largest absolute Gasteiger partial charge is 0.354 e. The van der Waals surface area contributed by atoms with E-state index in [4.69, 9.17) is 0 Å². The summed E-state index contributed by atoms with van der Waals surface area (Å²) in [5, 5.41) is 6.22. The van der Waals surface area contributed by atoms with Gasteiger partial charge in [-0.05, 0) is 18.9 Å². The first-order chi connectivity index (χ1) is 5.84. The number of amides is 1. The van der Waals surface area contributed by atoms with Crippen molar-refractivity contribution in [3.8, 4) is 0 Å². The van der Waals surface area contributed by atoms with E-state index < -0.39 is 0 Å². The molecule has 1 aliphatic carbocycles. The third-order valence-electron chi connectivity index (χ3n) is 2.66. The molecule has 0 aromatic heterocycles. The van der Waals surface area contributed by atoms with Gasteiger partial charge in [-0.25, -0.2) is 0 Å². The summed E-state index contributed by atoms with van der Waals surface area (Å²) in [6.07, 6.45) is 4.81. The van der Waals surface area contributed by atoms with Gasteiger partial charge in [0.2, 0.25) is 5.91 Å². The second-order valence-corrected chi connectivity index (χ2v) is 3.89. The molecule has 2 rings (SSSR count). The molecule has 0 aromatic rings. The van der Waals surface area contributed by atoms with Crippen molar-refractivity contribution in [2.24, 2.45) is 5.92 Å². The van der Waals surface area contributed by atoms with E-state index in [9.17, 15) is 4.79 Å². The zero-order chi connectivity index (χ0) is 8.39. The van der Waals surface area contributed by atoms with Crippen molar-refractivity contribution in [2.45, 2.75) is 31.7 Å². The summed E-state index contributed by atoms with van der Waals surface area (Å²) >= 11 is 0. The average Bonchev–Trinajstić information content (AvgIpc) is 2.76. The Morgan fingerprint density at radius 1 is 1.50 bits per heavy atom. The van der Waals surface area contributed by atoms with Gasteiger partial charge in [-0.15, -0.1) is 0 Å². The molecule has 0 bridgehead atoms. The van der Waals surface area contributed by atoms with Crippen molar-refractivity contribution in [3.05, 3.63) is 0 Å². The number of carbonyl (C=O) groups excluding carboxylic acids is 1. The van der Waals surface area contributed by atoms with E-state index >= 15 is 0 Å². The fraction of sp³-hybridized carbons (Fsp3) is 0.889. The van der Waals surface area contributed by atoms with Crippen LogP contribution in [0.5, 0.6) is 0 Å². The molecule has 12 heavy (non-hydrogen) atoms. The molecule has 1 aliphatic heterocycles. The van der Waals surface area contributed by atoms with Gasteiger partial charge in [-0.3, -0.25) is 4.79 Å². The molecular weight excluding hydrogens is 152 g/mol. The highest BCUT2D eigenvalue weighted by Crippen LogP contribution is 2.31.